The molecule has 1 unspecified atom stereocenters. The van der Waals surface area contributed by atoms with Crippen molar-refractivity contribution in [1.82, 2.24) is 4.57 Å². The van der Waals surface area contributed by atoms with Gasteiger partial charge in [-0.3, -0.25) is 0 Å². The molecule has 2 aromatic rings. The highest BCUT2D eigenvalue weighted by Gasteiger charge is 2.28. The highest BCUT2D eigenvalue weighted by molar-refractivity contribution is 14.1. The van der Waals surface area contributed by atoms with Crippen molar-refractivity contribution in [3.8, 4) is 0 Å². The van der Waals surface area contributed by atoms with Crippen LogP contribution in [0.3, 0.4) is 0 Å². The summed E-state index contributed by atoms with van der Waals surface area (Å²) in [6.07, 6.45) is 2.51. The zero-order chi connectivity index (χ0) is 17.3. The van der Waals surface area contributed by atoms with Gasteiger partial charge in [-0.05, 0) is 85.8 Å². The Hall–Kier alpha value is -0.690. The molecule has 2 heterocycles. The minimum absolute atomic E-state index is 0.200. The number of halogens is 1. The molecule has 0 spiro atoms. The molecule has 1 aliphatic heterocycles. The first kappa shape index (κ1) is 18.1. The molecule has 1 saturated heterocycles. The van der Waals surface area contributed by atoms with E-state index >= 15 is 0 Å². The lowest BCUT2D eigenvalue weighted by atomic mass is 9.94. The number of rotatable bonds is 4. The van der Waals surface area contributed by atoms with Gasteiger partial charge < -0.3 is 9.30 Å². The van der Waals surface area contributed by atoms with Crippen LogP contribution in [-0.4, -0.2) is 28.6 Å². The number of carbonyl (C=O) groups excluding carboxylic acids is 1. The number of benzene rings is 1. The summed E-state index contributed by atoms with van der Waals surface area (Å²) in [6.45, 7) is 6.64. The molecule has 0 radical (unpaired) electrons. The lowest BCUT2D eigenvalue weighted by Gasteiger charge is -2.30. The molecule has 0 aliphatic carbocycles. The number of hydrogen-bond acceptors (Lipinski definition) is 3. The Morgan fingerprint density at radius 3 is 2.79 bits per heavy atom. The molecule has 1 fully saturated rings. The van der Waals surface area contributed by atoms with Crippen molar-refractivity contribution in [2.75, 3.05) is 18.1 Å². The fraction of sp³-hybridized carbons (Fsp3) is 0.526. The van der Waals surface area contributed by atoms with Crippen molar-refractivity contribution in [2.45, 2.75) is 39.7 Å². The summed E-state index contributed by atoms with van der Waals surface area (Å²) in [4.78, 5) is 12.6. The van der Waals surface area contributed by atoms with E-state index < -0.39 is 0 Å². The molecule has 130 valence electrons. The molecular formula is C19H24INO2S. The average Bonchev–Trinajstić information content (AvgIpc) is 2.89. The van der Waals surface area contributed by atoms with Crippen LogP contribution in [0.15, 0.2) is 18.2 Å². The molecule has 3 rings (SSSR count). The molecule has 3 nitrogen and oxygen atoms in total. The topological polar surface area (TPSA) is 31.2 Å². The number of nitrogens with zero attached hydrogens (tertiary/aromatic N) is 1. The van der Waals surface area contributed by atoms with Crippen molar-refractivity contribution in [1.29, 1.82) is 0 Å². The first-order valence-corrected chi connectivity index (χ1v) is 10.8. The van der Waals surface area contributed by atoms with Crippen LogP contribution in [0.4, 0.5) is 0 Å². The Kier molecular flexibility index (Phi) is 5.80. The Balaban J connectivity index is 2.15. The second kappa shape index (κ2) is 7.68. The molecule has 0 N–H and O–H groups in total. The van der Waals surface area contributed by atoms with E-state index in [1.165, 1.54) is 24.3 Å². The lowest BCUT2D eigenvalue weighted by Crippen LogP contribution is -2.22. The van der Waals surface area contributed by atoms with E-state index in [2.05, 4.69) is 71.0 Å². The van der Waals surface area contributed by atoms with Crippen LogP contribution in [0, 0.1) is 16.4 Å². The molecule has 1 aliphatic rings. The van der Waals surface area contributed by atoms with Gasteiger partial charge in [-0.1, -0.05) is 6.07 Å². The summed E-state index contributed by atoms with van der Waals surface area (Å²) in [5.74, 6) is 2.97. The molecular weight excluding hydrogens is 433 g/mol. The second-order valence-electron chi connectivity index (χ2n) is 6.38. The summed E-state index contributed by atoms with van der Waals surface area (Å²) in [7, 11) is 0. The normalized spacial score (nSPS) is 17.2. The van der Waals surface area contributed by atoms with Crippen molar-refractivity contribution in [3.63, 3.8) is 0 Å². The largest absolute Gasteiger partial charge is 0.462 e. The van der Waals surface area contributed by atoms with Crippen molar-refractivity contribution in [3.05, 3.63) is 33.0 Å². The van der Waals surface area contributed by atoms with E-state index in [0.29, 0.717) is 18.6 Å². The number of aromatic nitrogens is 1. The van der Waals surface area contributed by atoms with Crippen LogP contribution in [0.1, 0.15) is 48.8 Å². The first-order chi connectivity index (χ1) is 11.6. The van der Waals surface area contributed by atoms with Gasteiger partial charge in [0, 0.05) is 20.7 Å². The van der Waals surface area contributed by atoms with Crippen LogP contribution in [-0.2, 0) is 4.74 Å². The maximum Gasteiger partial charge on any atom is 0.340 e. The molecule has 5 heteroatoms. The number of carbonyl (C=O) groups is 1. The number of hydrogen-bond donors (Lipinski definition) is 0. The van der Waals surface area contributed by atoms with Gasteiger partial charge in [0.05, 0.1) is 17.7 Å². The summed E-state index contributed by atoms with van der Waals surface area (Å²) >= 11 is 4.38. The van der Waals surface area contributed by atoms with Crippen molar-refractivity contribution >= 4 is 51.2 Å². The van der Waals surface area contributed by atoms with Crippen molar-refractivity contribution < 1.29 is 9.53 Å². The monoisotopic (exact) mass is 457 g/mol. The lowest BCUT2D eigenvalue weighted by molar-refractivity contribution is 0.0527. The van der Waals surface area contributed by atoms with E-state index in [9.17, 15) is 4.79 Å². The fourth-order valence-corrected chi connectivity index (χ4v) is 5.73. The minimum Gasteiger partial charge on any atom is -0.462 e. The van der Waals surface area contributed by atoms with Crippen LogP contribution in [0.25, 0.3) is 10.9 Å². The molecule has 0 amide bonds. The maximum atomic E-state index is 12.6. The Morgan fingerprint density at radius 2 is 2.12 bits per heavy atom. The SMILES string of the molecule is CCOC(=O)c1c(C)n(C(C)C2CCSCC2)c2cccc(I)c12. The number of esters is 1. The third-order valence-electron chi connectivity index (χ3n) is 5.06. The highest BCUT2D eigenvalue weighted by Crippen LogP contribution is 2.38. The first-order valence-electron chi connectivity index (χ1n) is 8.60. The van der Waals surface area contributed by atoms with E-state index in [1.807, 2.05) is 6.92 Å². The smallest absolute Gasteiger partial charge is 0.340 e. The van der Waals surface area contributed by atoms with E-state index in [1.54, 1.807) is 0 Å². The Bertz CT molecular complexity index is 749. The summed E-state index contributed by atoms with van der Waals surface area (Å²) in [5, 5.41) is 1.05. The van der Waals surface area contributed by atoms with E-state index in [-0.39, 0.29) is 5.97 Å². The zero-order valence-corrected chi connectivity index (χ0v) is 17.4. The van der Waals surface area contributed by atoms with Gasteiger partial charge in [0.1, 0.15) is 0 Å². The maximum absolute atomic E-state index is 12.6. The van der Waals surface area contributed by atoms with Crippen molar-refractivity contribution in [2.24, 2.45) is 5.92 Å². The standard InChI is InChI=1S/C19H24INO2S/c1-4-23-19(22)17-13(3)21(12(2)14-8-10-24-11-9-14)16-7-5-6-15(20)18(16)17/h5-7,12,14H,4,8-11H2,1-3H3. The van der Waals surface area contributed by atoms with Crippen LogP contribution >= 0.6 is 34.4 Å². The fourth-order valence-electron chi connectivity index (χ4n) is 3.83. The number of ether oxygens (including phenoxy) is 1. The van der Waals surface area contributed by atoms with Crippen LogP contribution in [0.2, 0.25) is 0 Å². The van der Waals surface area contributed by atoms with Gasteiger partial charge in [-0.25, -0.2) is 4.79 Å². The van der Waals surface area contributed by atoms with Crippen LogP contribution in [0.5, 0.6) is 0 Å². The third-order valence-corrected chi connectivity index (χ3v) is 7.01. The van der Waals surface area contributed by atoms with E-state index in [0.717, 1.165) is 25.7 Å². The van der Waals surface area contributed by atoms with Crippen LogP contribution < -0.4 is 0 Å². The van der Waals surface area contributed by atoms with Gasteiger partial charge in [0.25, 0.3) is 0 Å². The molecule has 1 aromatic carbocycles. The molecule has 1 aromatic heterocycles. The summed E-state index contributed by atoms with van der Waals surface area (Å²) in [6, 6.07) is 6.69. The molecule has 24 heavy (non-hydrogen) atoms. The predicted molar refractivity (Wildman–Crippen MR) is 110 cm³/mol. The average molecular weight is 457 g/mol. The van der Waals surface area contributed by atoms with Gasteiger partial charge in [-0.2, -0.15) is 11.8 Å². The number of thioether (sulfide) groups is 1. The minimum atomic E-state index is -0.200. The van der Waals surface area contributed by atoms with Gasteiger partial charge in [0.15, 0.2) is 0 Å². The molecule has 0 bridgehead atoms. The molecule has 1 atom stereocenters. The number of fused-ring (bicyclic) bond motifs is 1. The zero-order valence-electron chi connectivity index (χ0n) is 14.5. The molecule has 0 saturated carbocycles. The quantitative estimate of drug-likeness (QED) is 0.453. The summed E-state index contributed by atoms with van der Waals surface area (Å²) < 4.78 is 8.84. The van der Waals surface area contributed by atoms with Gasteiger partial charge in [-0.15, -0.1) is 0 Å². The second-order valence-corrected chi connectivity index (χ2v) is 8.76. The Labute approximate surface area is 161 Å². The van der Waals surface area contributed by atoms with Gasteiger partial charge >= 0.3 is 5.97 Å². The highest BCUT2D eigenvalue weighted by atomic mass is 127. The summed E-state index contributed by atoms with van der Waals surface area (Å²) in [5.41, 5.74) is 2.94. The van der Waals surface area contributed by atoms with Gasteiger partial charge in [0.2, 0.25) is 0 Å². The predicted octanol–water partition coefficient (Wildman–Crippen LogP) is 5.44. The third kappa shape index (κ3) is 3.21. The van der Waals surface area contributed by atoms with E-state index in [4.69, 9.17) is 4.74 Å². The Morgan fingerprint density at radius 1 is 1.42 bits per heavy atom.